The van der Waals surface area contributed by atoms with Crippen molar-refractivity contribution in [1.29, 1.82) is 0 Å². The van der Waals surface area contributed by atoms with Crippen molar-refractivity contribution in [2.75, 3.05) is 0 Å². The van der Waals surface area contributed by atoms with Crippen LogP contribution in [0.2, 0.25) is 0 Å². The molecule has 37 heavy (non-hydrogen) atoms. The quantitative estimate of drug-likeness (QED) is 0.198. The molecule has 0 saturated heterocycles. The lowest BCUT2D eigenvalue weighted by Crippen LogP contribution is -2.35. The van der Waals surface area contributed by atoms with Gasteiger partial charge in [-0.05, 0) is 69.4 Å². The number of allylic oxidation sites excluding steroid dienone is 5. The normalized spacial score (nSPS) is 15.0. The van der Waals surface area contributed by atoms with Gasteiger partial charge in [0.15, 0.2) is 5.78 Å². The number of nitrogens with one attached hydrogen (secondary N) is 1. The van der Waals surface area contributed by atoms with Crippen LogP contribution >= 0.6 is 0 Å². The maximum absolute atomic E-state index is 13.2. The van der Waals surface area contributed by atoms with Gasteiger partial charge in [-0.2, -0.15) is 0 Å². The number of carbonyl (C=O) groups is 3. The minimum Gasteiger partial charge on any atom is -0.333 e. The standard InChI is InChI=1S/C26H31FN2O3.C3H6.C2H6/c1-5-21(19(4)30)9-8-16-28-25(31)11-7-10-24-18(3)23(6-2)26(32)29(24)17-20-12-14-22(27)15-13-20;1-3-2;1-2/h5,8-9,12-16,24H,1,6-7,10-11,17H2,2-4H3,(H,28,31);3H,1H2,2H3;1-2H3/b16-8+,21-9+;;. The van der Waals surface area contributed by atoms with Gasteiger partial charge in [-0.15, -0.1) is 6.58 Å². The van der Waals surface area contributed by atoms with Crippen LogP contribution in [0.15, 0.2) is 84.6 Å². The molecule has 1 aliphatic rings. The van der Waals surface area contributed by atoms with E-state index in [1.807, 2.05) is 39.5 Å². The molecule has 1 atom stereocenters. The number of rotatable bonds is 11. The van der Waals surface area contributed by atoms with Gasteiger partial charge in [0.05, 0.1) is 6.04 Å². The summed E-state index contributed by atoms with van der Waals surface area (Å²) in [7, 11) is 0. The summed E-state index contributed by atoms with van der Waals surface area (Å²) in [5.74, 6) is -0.521. The molecule has 2 rings (SSSR count). The Bertz CT molecular complexity index is 1000. The number of carbonyl (C=O) groups excluding carboxylic acids is 3. The number of halogens is 1. The molecule has 0 bridgehead atoms. The average molecular weight is 511 g/mol. The number of amides is 2. The number of hydrogen-bond donors (Lipinski definition) is 1. The molecule has 1 N–H and O–H groups in total. The van der Waals surface area contributed by atoms with Crippen molar-refractivity contribution < 1.29 is 18.8 Å². The van der Waals surface area contributed by atoms with Gasteiger partial charge in [-0.1, -0.05) is 57.7 Å². The van der Waals surface area contributed by atoms with Crippen molar-refractivity contribution in [3.8, 4) is 0 Å². The van der Waals surface area contributed by atoms with Gasteiger partial charge in [0.2, 0.25) is 5.91 Å². The molecule has 0 spiro atoms. The van der Waals surface area contributed by atoms with E-state index in [1.54, 1.807) is 30.4 Å². The smallest absolute Gasteiger partial charge is 0.250 e. The molecule has 1 heterocycles. The van der Waals surface area contributed by atoms with Crippen molar-refractivity contribution >= 4 is 17.6 Å². The Hall–Kier alpha value is -3.54. The van der Waals surface area contributed by atoms with Gasteiger partial charge in [0.25, 0.3) is 5.91 Å². The fourth-order valence-electron chi connectivity index (χ4n) is 3.84. The summed E-state index contributed by atoms with van der Waals surface area (Å²) in [6.07, 6.45) is 10.2. The molecule has 6 heteroatoms. The highest BCUT2D eigenvalue weighted by molar-refractivity contribution is 5.97. The number of benzene rings is 1. The SMILES string of the molecule is C=C/C(=C\C=C\NC(=O)CCCC1C(C)=C(CC)C(=O)N1Cc1ccc(F)cc1)C(C)=O.C=CC.CC. The molecule has 1 aromatic rings. The number of ketones is 1. The lowest BCUT2D eigenvalue weighted by molar-refractivity contribution is -0.127. The first-order valence-electron chi connectivity index (χ1n) is 12.8. The van der Waals surface area contributed by atoms with Gasteiger partial charge < -0.3 is 10.2 Å². The average Bonchev–Trinajstić information content (AvgIpc) is 3.10. The van der Waals surface area contributed by atoms with Crippen LogP contribution in [-0.4, -0.2) is 28.5 Å². The van der Waals surface area contributed by atoms with Crippen LogP contribution in [-0.2, 0) is 20.9 Å². The van der Waals surface area contributed by atoms with Crippen LogP contribution in [0.5, 0.6) is 0 Å². The summed E-state index contributed by atoms with van der Waals surface area (Å²) in [5.41, 5.74) is 3.21. The molecular formula is C31H43FN2O3. The van der Waals surface area contributed by atoms with Crippen LogP contribution in [0.4, 0.5) is 4.39 Å². The maximum atomic E-state index is 13.2. The van der Waals surface area contributed by atoms with Crippen LogP contribution < -0.4 is 5.32 Å². The van der Waals surface area contributed by atoms with Crippen molar-refractivity contribution in [2.24, 2.45) is 0 Å². The molecule has 1 aliphatic heterocycles. The van der Waals surface area contributed by atoms with Crippen molar-refractivity contribution in [3.63, 3.8) is 0 Å². The molecule has 0 aliphatic carbocycles. The fourth-order valence-corrected chi connectivity index (χ4v) is 3.84. The van der Waals surface area contributed by atoms with Crippen LogP contribution in [0.25, 0.3) is 0 Å². The van der Waals surface area contributed by atoms with Crippen LogP contribution in [0.1, 0.15) is 72.8 Å². The van der Waals surface area contributed by atoms with E-state index in [0.29, 0.717) is 37.8 Å². The first-order valence-corrected chi connectivity index (χ1v) is 12.8. The zero-order valence-electron chi connectivity index (χ0n) is 23.3. The van der Waals surface area contributed by atoms with Gasteiger partial charge in [-0.25, -0.2) is 4.39 Å². The molecule has 202 valence electrons. The summed E-state index contributed by atoms with van der Waals surface area (Å²) < 4.78 is 13.2. The van der Waals surface area contributed by atoms with E-state index in [2.05, 4.69) is 18.5 Å². The Kier molecular flexibility index (Phi) is 16.9. The van der Waals surface area contributed by atoms with E-state index in [9.17, 15) is 18.8 Å². The zero-order valence-corrected chi connectivity index (χ0v) is 23.3. The van der Waals surface area contributed by atoms with Gasteiger partial charge >= 0.3 is 0 Å². The maximum Gasteiger partial charge on any atom is 0.250 e. The lowest BCUT2D eigenvalue weighted by atomic mass is 10.00. The summed E-state index contributed by atoms with van der Waals surface area (Å²) >= 11 is 0. The molecule has 0 radical (unpaired) electrons. The van der Waals surface area contributed by atoms with Gasteiger partial charge in [0, 0.05) is 30.3 Å². The van der Waals surface area contributed by atoms with E-state index in [0.717, 1.165) is 16.7 Å². The Balaban J connectivity index is 0.00000241. The van der Waals surface area contributed by atoms with E-state index in [-0.39, 0.29) is 29.5 Å². The summed E-state index contributed by atoms with van der Waals surface area (Å²) in [6.45, 7) is 18.6. The predicted molar refractivity (Wildman–Crippen MR) is 151 cm³/mol. The predicted octanol–water partition coefficient (Wildman–Crippen LogP) is 6.98. The lowest BCUT2D eigenvalue weighted by Gasteiger charge is -2.26. The second-order valence-electron chi connectivity index (χ2n) is 8.20. The fraction of sp³-hybridized carbons (Fsp3) is 0.387. The first-order chi connectivity index (χ1) is 17.7. The molecule has 2 amide bonds. The molecule has 1 unspecified atom stereocenters. The summed E-state index contributed by atoms with van der Waals surface area (Å²) in [6, 6.07) is 6.11. The van der Waals surface area contributed by atoms with E-state index < -0.39 is 0 Å². The van der Waals surface area contributed by atoms with E-state index >= 15 is 0 Å². The third-order valence-electron chi connectivity index (χ3n) is 5.61. The topological polar surface area (TPSA) is 66.5 Å². The summed E-state index contributed by atoms with van der Waals surface area (Å²) in [4.78, 5) is 38.2. The Morgan fingerprint density at radius 3 is 2.27 bits per heavy atom. The Morgan fingerprint density at radius 1 is 1.16 bits per heavy atom. The van der Waals surface area contributed by atoms with E-state index in [1.165, 1.54) is 31.3 Å². The van der Waals surface area contributed by atoms with E-state index in [4.69, 9.17) is 0 Å². The first kappa shape index (κ1) is 33.5. The van der Waals surface area contributed by atoms with Crippen LogP contribution in [0, 0.1) is 5.82 Å². The van der Waals surface area contributed by atoms with Crippen molar-refractivity contribution in [1.82, 2.24) is 10.2 Å². The Labute approximate surface area is 222 Å². The molecule has 0 saturated carbocycles. The molecular weight excluding hydrogens is 467 g/mol. The molecule has 0 fully saturated rings. The van der Waals surface area contributed by atoms with Gasteiger partial charge in [-0.3, -0.25) is 14.4 Å². The third kappa shape index (κ3) is 11.4. The van der Waals surface area contributed by atoms with Crippen molar-refractivity contribution in [2.45, 2.75) is 79.8 Å². The largest absolute Gasteiger partial charge is 0.333 e. The third-order valence-corrected chi connectivity index (χ3v) is 5.61. The zero-order chi connectivity index (χ0) is 28.4. The highest BCUT2D eigenvalue weighted by Gasteiger charge is 2.35. The minimum absolute atomic E-state index is 0.0157. The monoisotopic (exact) mass is 510 g/mol. The Morgan fingerprint density at radius 2 is 1.76 bits per heavy atom. The second kappa shape index (κ2) is 18.7. The van der Waals surface area contributed by atoms with Crippen LogP contribution in [0.3, 0.4) is 0 Å². The minimum atomic E-state index is -0.306. The number of Topliss-reactive ketones (excluding diaryl/α,β-unsaturated/α-hetero) is 1. The summed E-state index contributed by atoms with van der Waals surface area (Å²) in [5, 5.41) is 2.68. The molecule has 0 aromatic heterocycles. The second-order valence-corrected chi connectivity index (χ2v) is 8.20. The van der Waals surface area contributed by atoms with Crippen molar-refractivity contribution in [3.05, 3.63) is 96.0 Å². The number of hydrogen-bond acceptors (Lipinski definition) is 3. The van der Waals surface area contributed by atoms with Gasteiger partial charge in [0.1, 0.15) is 5.82 Å². The molecule has 5 nitrogen and oxygen atoms in total. The molecule has 1 aromatic carbocycles. The highest BCUT2D eigenvalue weighted by Crippen LogP contribution is 2.32. The highest BCUT2D eigenvalue weighted by atomic mass is 19.1. The number of nitrogens with zero attached hydrogens (tertiary/aromatic N) is 1.